The third-order valence-electron chi connectivity index (χ3n) is 11.6. The number of nitrogens with zero attached hydrogens (tertiary/aromatic N) is 2. The summed E-state index contributed by atoms with van der Waals surface area (Å²) < 4.78 is 43.7. The first-order valence-corrected chi connectivity index (χ1v) is 24.8. The number of thiazole rings is 1. The highest BCUT2D eigenvalue weighted by molar-refractivity contribution is 14.1. The van der Waals surface area contributed by atoms with Gasteiger partial charge in [0.05, 0.1) is 51.8 Å². The number of nitrogens with one attached hydrogen (secondary N) is 5. The summed E-state index contributed by atoms with van der Waals surface area (Å²) in [6.45, 7) is 11.1. The standard InChI is InChI=1S/C49H63F3IN7O6S/c1-30(32-15-17-33(18-16-32)44-31(2)55-29-67-44)56-47(64)40-27-35(61)28-60(40)48(65)45(49(3,4)5)58-41(62)14-11-9-7-6-8-10-12-23-54-24-13-25-66-59-46(63)36-20-21-37(50)42(52)43(36)57-39-22-19-34(53)26-38(39)51/h15-22,26,29-30,35,40,45,54,57,61H,6-14,23-25,27-28H2,1-5H3,(H,56,64)(H,58,62)(H,59,63)/t30-,35+,40-,45+/m0/s1. The SMILES string of the molecule is Cc1ncsc1-c1ccc([C@H](C)NC(=O)[C@@H]2C[C@@H](O)CN2C(=O)[C@@H](NC(=O)CCCCCCCCCNCCCONC(=O)c2ccc(F)c(F)c2Nc2ccc(I)cc2F)C(C)(C)C)cc1. The van der Waals surface area contributed by atoms with Gasteiger partial charge in [-0.15, -0.1) is 11.3 Å². The number of unbranched alkanes of at least 4 members (excludes halogenated alkanes) is 6. The van der Waals surface area contributed by atoms with Crippen molar-refractivity contribution >= 4 is 68.9 Å². The number of benzene rings is 3. The van der Waals surface area contributed by atoms with Crippen LogP contribution in [0.4, 0.5) is 24.5 Å². The first kappa shape index (κ1) is 53.3. The monoisotopic (exact) mass is 1060 g/mol. The maximum absolute atomic E-state index is 14.7. The Bertz CT molecular complexity index is 2300. The molecule has 18 heteroatoms. The van der Waals surface area contributed by atoms with Crippen LogP contribution in [0, 0.1) is 33.4 Å². The number of anilines is 2. The number of hydrogen-bond acceptors (Lipinski definition) is 10. The summed E-state index contributed by atoms with van der Waals surface area (Å²) in [5.41, 5.74) is 5.47. The van der Waals surface area contributed by atoms with Crippen LogP contribution in [0.1, 0.15) is 120 Å². The lowest BCUT2D eigenvalue weighted by atomic mass is 9.85. The van der Waals surface area contributed by atoms with Crippen LogP contribution in [0.3, 0.4) is 0 Å². The molecular formula is C49H63F3IN7O6S. The van der Waals surface area contributed by atoms with Crippen molar-refractivity contribution in [2.24, 2.45) is 5.41 Å². The molecule has 4 aromatic rings. The molecule has 0 bridgehead atoms. The number of halogens is 4. The van der Waals surface area contributed by atoms with Gasteiger partial charge in [0.15, 0.2) is 11.6 Å². The second kappa shape index (κ2) is 25.7. The Morgan fingerprint density at radius 2 is 1.60 bits per heavy atom. The Kier molecular flexibility index (Phi) is 20.4. The second-order valence-corrected chi connectivity index (χ2v) is 20.1. The van der Waals surface area contributed by atoms with Gasteiger partial charge in [-0.1, -0.05) is 77.1 Å². The van der Waals surface area contributed by atoms with Gasteiger partial charge >= 0.3 is 0 Å². The van der Waals surface area contributed by atoms with Crippen molar-refractivity contribution in [2.75, 3.05) is 31.6 Å². The number of aliphatic hydroxyl groups excluding tert-OH is 1. The quantitative estimate of drug-likeness (QED) is 0.0228. The molecule has 1 fully saturated rings. The van der Waals surface area contributed by atoms with E-state index >= 15 is 0 Å². The molecule has 5 rings (SSSR count). The number of rotatable bonds is 24. The van der Waals surface area contributed by atoms with Crippen LogP contribution >= 0.6 is 33.9 Å². The highest BCUT2D eigenvalue weighted by Gasteiger charge is 2.44. The Hall–Kier alpha value is -4.63. The average molecular weight is 1060 g/mol. The first-order chi connectivity index (χ1) is 31.9. The Balaban J connectivity index is 0.926. The minimum absolute atomic E-state index is 0.00967. The summed E-state index contributed by atoms with van der Waals surface area (Å²) in [6.07, 6.45) is 6.76. The zero-order chi connectivity index (χ0) is 48.7. The van der Waals surface area contributed by atoms with Crippen molar-refractivity contribution in [1.29, 1.82) is 0 Å². The summed E-state index contributed by atoms with van der Waals surface area (Å²) in [6, 6.07) is 11.9. The van der Waals surface area contributed by atoms with E-state index in [0.717, 1.165) is 78.9 Å². The highest BCUT2D eigenvalue weighted by Crippen LogP contribution is 2.31. The smallest absolute Gasteiger partial charge is 0.277 e. The van der Waals surface area contributed by atoms with Crippen molar-refractivity contribution < 1.29 is 42.3 Å². The Labute approximate surface area is 408 Å². The number of β-amino-alcohol motifs (C(OH)–C–C–N with tert-alkyl or cyclic N) is 1. The van der Waals surface area contributed by atoms with Crippen LogP contribution in [0.15, 0.2) is 60.1 Å². The molecule has 1 aliphatic heterocycles. The lowest BCUT2D eigenvalue weighted by Crippen LogP contribution is -2.57. The molecule has 4 amide bonds. The van der Waals surface area contributed by atoms with Crippen LogP contribution in [-0.2, 0) is 19.2 Å². The fourth-order valence-corrected chi connectivity index (χ4v) is 9.09. The molecule has 0 aliphatic carbocycles. The Morgan fingerprint density at radius 1 is 0.910 bits per heavy atom. The molecule has 3 aromatic carbocycles. The molecule has 1 aliphatic rings. The normalized spacial score (nSPS) is 15.8. The minimum atomic E-state index is -1.32. The van der Waals surface area contributed by atoms with Crippen LogP contribution in [-0.4, -0.2) is 83.0 Å². The molecule has 4 atom stereocenters. The maximum atomic E-state index is 14.7. The summed E-state index contributed by atoms with van der Waals surface area (Å²) in [7, 11) is 0. The van der Waals surface area contributed by atoms with Gasteiger partial charge in [-0.05, 0) is 116 Å². The predicted octanol–water partition coefficient (Wildman–Crippen LogP) is 9.02. The van der Waals surface area contributed by atoms with Gasteiger partial charge < -0.3 is 31.3 Å². The van der Waals surface area contributed by atoms with E-state index in [-0.39, 0.29) is 61.0 Å². The molecule has 0 unspecified atom stereocenters. The number of hydrogen-bond donors (Lipinski definition) is 6. The van der Waals surface area contributed by atoms with Crippen LogP contribution in [0.2, 0.25) is 0 Å². The molecule has 1 aromatic heterocycles. The number of aromatic nitrogens is 1. The fraction of sp³-hybridized carbons (Fsp3) is 0.490. The van der Waals surface area contributed by atoms with Crippen molar-refractivity contribution in [2.45, 2.75) is 123 Å². The predicted molar refractivity (Wildman–Crippen MR) is 263 cm³/mol. The van der Waals surface area contributed by atoms with E-state index in [4.69, 9.17) is 4.84 Å². The van der Waals surface area contributed by atoms with Crippen molar-refractivity contribution in [3.63, 3.8) is 0 Å². The van der Waals surface area contributed by atoms with E-state index in [1.807, 2.05) is 87.0 Å². The lowest BCUT2D eigenvalue weighted by molar-refractivity contribution is -0.144. The lowest BCUT2D eigenvalue weighted by Gasteiger charge is -2.35. The molecule has 364 valence electrons. The van der Waals surface area contributed by atoms with Gasteiger partial charge in [0.25, 0.3) is 5.91 Å². The number of carbonyl (C=O) groups is 4. The summed E-state index contributed by atoms with van der Waals surface area (Å²) in [5, 5.41) is 22.4. The fourth-order valence-electron chi connectivity index (χ4n) is 7.82. The summed E-state index contributed by atoms with van der Waals surface area (Å²) in [5.74, 6) is -4.96. The van der Waals surface area contributed by atoms with E-state index in [1.165, 1.54) is 17.0 Å². The van der Waals surface area contributed by atoms with Gasteiger partial charge in [-0.2, -0.15) is 0 Å². The Morgan fingerprint density at radius 3 is 2.27 bits per heavy atom. The van der Waals surface area contributed by atoms with Crippen LogP contribution in [0.5, 0.6) is 0 Å². The van der Waals surface area contributed by atoms with Crippen molar-refractivity contribution in [3.8, 4) is 10.4 Å². The summed E-state index contributed by atoms with van der Waals surface area (Å²) in [4.78, 5) is 65.6. The van der Waals surface area contributed by atoms with E-state index in [1.54, 1.807) is 17.4 Å². The second-order valence-electron chi connectivity index (χ2n) is 18.0. The number of aliphatic hydroxyl groups is 1. The molecule has 67 heavy (non-hydrogen) atoms. The van der Waals surface area contributed by atoms with Gasteiger partial charge in [0.1, 0.15) is 17.9 Å². The molecule has 13 nitrogen and oxygen atoms in total. The maximum Gasteiger partial charge on any atom is 0.277 e. The van der Waals surface area contributed by atoms with E-state index in [9.17, 15) is 37.5 Å². The molecule has 0 spiro atoms. The number of aryl methyl sites for hydroxylation is 1. The molecule has 6 N–H and O–H groups in total. The largest absolute Gasteiger partial charge is 0.391 e. The number of amides is 4. The van der Waals surface area contributed by atoms with Crippen molar-refractivity contribution in [3.05, 3.63) is 98.0 Å². The van der Waals surface area contributed by atoms with Gasteiger partial charge in [0.2, 0.25) is 17.7 Å². The van der Waals surface area contributed by atoms with Crippen LogP contribution < -0.4 is 26.7 Å². The first-order valence-electron chi connectivity index (χ1n) is 22.9. The third-order valence-corrected chi connectivity index (χ3v) is 13.3. The highest BCUT2D eigenvalue weighted by atomic mass is 127. The zero-order valence-corrected chi connectivity index (χ0v) is 41.8. The van der Waals surface area contributed by atoms with Crippen LogP contribution in [0.25, 0.3) is 10.4 Å². The van der Waals surface area contributed by atoms with E-state index < -0.39 is 52.6 Å². The van der Waals surface area contributed by atoms with E-state index in [2.05, 4.69) is 31.7 Å². The molecule has 0 radical (unpaired) electrons. The molecule has 0 saturated carbocycles. The molecular weight excluding hydrogens is 999 g/mol. The molecule has 1 saturated heterocycles. The topological polar surface area (TPSA) is 174 Å². The van der Waals surface area contributed by atoms with Crippen molar-refractivity contribution in [1.82, 2.24) is 31.3 Å². The zero-order valence-electron chi connectivity index (χ0n) is 38.8. The number of carbonyl (C=O) groups excluding carboxylic acids is 4. The number of likely N-dealkylation sites (tertiary alicyclic amines) is 1. The summed E-state index contributed by atoms with van der Waals surface area (Å²) >= 11 is 3.49. The average Bonchev–Trinajstić information content (AvgIpc) is 3.90. The minimum Gasteiger partial charge on any atom is -0.391 e. The van der Waals surface area contributed by atoms with Gasteiger partial charge in [-0.3, -0.25) is 24.0 Å². The third kappa shape index (κ3) is 15.7. The van der Waals surface area contributed by atoms with E-state index in [0.29, 0.717) is 23.0 Å². The van der Waals surface area contributed by atoms with Gasteiger partial charge in [-0.25, -0.2) is 23.6 Å². The number of hydroxylamine groups is 1. The molecule has 2 heterocycles. The van der Waals surface area contributed by atoms with Gasteiger partial charge in [0, 0.05) is 23.0 Å².